The Hall–Kier alpha value is -4.24. The van der Waals surface area contributed by atoms with Crippen LogP contribution in [0.1, 0.15) is 22.4 Å². The predicted octanol–water partition coefficient (Wildman–Crippen LogP) is 7.62. The zero-order chi connectivity index (χ0) is 28.5. The number of nitrogens with zero attached hydrogens (tertiary/aromatic N) is 2. The van der Waals surface area contributed by atoms with E-state index in [0.29, 0.717) is 24.5 Å². The fraction of sp³-hybridized carbons (Fsp3) is 0.200. The number of aromatic nitrogens is 1. The lowest BCUT2D eigenvalue weighted by atomic mass is 10.1. The quantitative estimate of drug-likeness (QED) is 0.213. The van der Waals surface area contributed by atoms with Crippen LogP contribution in [0.4, 0.5) is 23.7 Å². The number of amides is 2. The molecule has 10 heteroatoms. The number of methoxy groups -OCH3 is 1. The molecule has 1 N–H and O–H groups in total. The van der Waals surface area contributed by atoms with E-state index in [1.54, 1.807) is 24.4 Å². The topological polar surface area (TPSA) is 63.7 Å². The molecule has 0 spiro atoms. The maximum absolute atomic E-state index is 13.3. The highest BCUT2D eigenvalue weighted by Crippen LogP contribution is 2.36. The summed E-state index contributed by atoms with van der Waals surface area (Å²) in [6.45, 7) is 0.779. The van der Waals surface area contributed by atoms with Crippen LogP contribution in [0.25, 0.3) is 0 Å². The van der Waals surface area contributed by atoms with Gasteiger partial charge in [-0.25, -0.2) is 4.79 Å². The maximum atomic E-state index is 13.3. The van der Waals surface area contributed by atoms with Gasteiger partial charge in [0.15, 0.2) is 11.5 Å². The largest absolute Gasteiger partial charge is 0.493 e. The second-order valence-electron chi connectivity index (χ2n) is 8.87. The zero-order valence-electron chi connectivity index (χ0n) is 21.6. The molecule has 0 atom stereocenters. The van der Waals surface area contributed by atoms with E-state index >= 15 is 0 Å². The van der Waals surface area contributed by atoms with Gasteiger partial charge in [0.1, 0.15) is 6.61 Å². The van der Waals surface area contributed by atoms with E-state index in [9.17, 15) is 18.0 Å². The summed E-state index contributed by atoms with van der Waals surface area (Å²) in [5.74, 6) is 1.03. The van der Waals surface area contributed by atoms with Crippen LogP contribution < -0.4 is 14.8 Å². The number of carbonyl (C=O) groups excluding carboxylic acids is 1. The lowest BCUT2D eigenvalue weighted by molar-refractivity contribution is -0.137. The van der Waals surface area contributed by atoms with Crippen LogP contribution >= 0.6 is 11.6 Å². The minimum atomic E-state index is -4.66. The highest BCUT2D eigenvalue weighted by molar-refractivity contribution is 6.31. The first-order valence-electron chi connectivity index (χ1n) is 12.4. The molecule has 0 saturated heterocycles. The number of hydrogen-bond acceptors (Lipinski definition) is 4. The molecule has 0 aliphatic heterocycles. The third-order valence-corrected chi connectivity index (χ3v) is 6.34. The minimum absolute atomic E-state index is 0.0215. The van der Waals surface area contributed by atoms with Crippen molar-refractivity contribution >= 4 is 23.3 Å². The number of nitrogens with one attached hydrogen (secondary N) is 1. The van der Waals surface area contributed by atoms with Crippen molar-refractivity contribution < 1.29 is 27.4 Å². The standard InChI is InChI=1S/C30H27ClF3N3O3/c1-39-28-17-22(10-13-27(28)40-20-21-7-3-2-4-8-21)19-37(16-14-23-9-5-6-15-35-23)29(38)36-24-11-12-26(31)25(18-24)30(32,33)34/h2-13,15,17-18H,14,16,19-20H2,1H3,(H,36,38). The Morgan fingerprint density at radius 1 is 0.950 bits per heavy atom. The lowest BCUT2D eigenvalue weighted by Crippen LogP contribution is -2.36. The number of rotatable bonds is 10. The van der Waals surface area contributed by atoms with Gasteiger partial charge >= 0.3 is 12.2 Å². The van der Waals surface area contributed by atoms with Crippen LogP contribution in [-0.2, 0) is 25.7 Å². The number of ether oxygens (including phenoxy) is 2. The Bertz CT molecular complexity index is 1420. The molecule has 0 aliphatic rings. The normalized spacial score (nSPS) is 11.1. The number of hydrogen-bond donors (Lipinski definition) is 1. The second-order valence-corrected chi connectivity index (χ2v) is 9.28. The molecule has 4 aromatic rings. The number of urea groups is 1. The van der Waals surface area contributed by atoms with Gasteiger partial charge in [-0.15, -0.1) is 0 Å². The van der Waals surface area contributed by atoms with Crippen LogP contribution in [-0.4, -0.2) is 29.6 Å². The predicted molar refractivity (Wildman–Crippen MR) is 148 cm³/mol. The molecule has 0 saturated carbocycles. The molecular formula is C30H27ClF3N3O3. The Morgan fingerprint density at radius 2 is 1.73 bits per heavy atom. The highest BCUT2D eigenvalue weighted by Gasteiger charge is 2.33. The number of alkyl halides is 3. The van der Waals surface area contributed by atoms with Crippen LogP contribution in [0.3, 0.4) is 0 Å². The SMILES string of the molecule is COc1cc(CN(CCc2ccccn2)C(=O)Nc2ccc(Cl)c(C(F)(F)F)c2)ccc1OCc1ccccc1. The number of benzene rings is 3. The zero-order valence-corrected chi connectivity index (χ0v) is 22.4. The molecule has 0 fully saturated rings. The van der Waals surface area contributed by atoms with E-state index in [0.717, 1.165) is 29.0 Å². The Labute approximate surface area is 235 Å². The summed E-state index contributed by atoms with van der Waals surface area (Å²) in [6, 6.07) is 23.2. The summed E-state index contributed by atoms with van der Waals surface area (Å²) in [4.78, 5) is 19.1. The van der Waals surface area contributed by atoms with Crippen LogP contribution in [0.5, 0.6) is 11.5 Å². The number of carbonyl (C=O) groups is 1. The lowest BCUT2D eigenvalue weighted by Gasteiger charge is -2.24. The number of anilines is 1. The summed E-state index contributed by atoms with van der Waals surface area (Å²) < 4.78 is 51.5. The van der Waals surface area contributed by atoms with Crippen molar-refractivity contribution in [3.05, 3.63) is 119 Å². The molecule has 1 heterocycles. The molecule has 3 aromatic carbocycles. The average Bonchev–Trinajstić information content (AvgIpc) is 2.95. The van der Waals surface area contributed by atoms with Gasteiger partial charge in [0.05, 0.1) is 17.7 Å². The van der Waals surface area contributed by atoms with E-state index in [4.69, 9.17) is 21.1 Å². The molecule has 1 aromatic heterocycles. The molecule has 6 nitrogen and oxygen atoms in total. The van der Waals surface area contributed by atoms with E-state index in [1.165, 1.54) is 18.1 Å². The molecule has 0 bridgehead atoms. The smallest absolute Gasteiger partial charge is 0.417 e. The van der Waals surface area contributed by atoms with Gasteiger partial charge in [-0.3, -0.25) is 4.98 Å². The van der Waals surface area contributed by atoms with E-state index in [2.05, 4.69) is 10.3 Å². The minimum Gasteiger partial charge on any atom is -0.493 e. The van der Waals surface area contributed by atoms with Crippen molar-refractivity contribution in [1.82, 2.24) is 9.88 Å². The molecule has 0 radical (unpaired) electrons. The van der Waals surface area contributed by atoms with Crippen LogP contribution in [0.15, 0.2) is 91.1 Å². The van der Waals surface area contributed by atoms with Crippen molar-refractivity contribution in [2.24, 2.45) is 0 Å². The summed E-state index contributed by atoms with van der Waals surface area (Å²) in [5, 5.41) is 2.12. The van der Waals surface area contributed by atoms with E-state index in [1.807, 2.05) is 48.5 Å². The van der Waals surface area contributed by atoms with Gasteiger partial charge in [0.25, 0.3) is 0 Å². The van der Waals surface area contributed by atoms with Gasteiger partial charge in [0, 0.05) is 37.1 Å². The molecular weight excluding hydrogens is 543 g/mol. The van der Waals surface area contributed by atoms with Crippen molar-refractivity contribution in [2.45, 2.75) is 25.7 Å². The highest BCUT2D eigenvalue weighted by atomic mass is 35.5. The fourth-order valence-corrected chi connectivity index (χ4v) is 4.18. The van der Waals surface area contributed by atoms with Gasteiger partial charge in [0.2, 0.25) is 0 Å². The molecule has 208 valence electrons. The fourth-order valence-electron chi connectivity index (χ4n) is 3.96. The first-order chi connectivity index (χ1) is 19.2. The summed E-state index contributed by atoms with van der Waals surface area (Å²) in [7, 11) is 1.53. The summed E-state index contributed by atoms with van der Waals surface area (Å²) >= 11 is 5.73. The van der Waals surface area contributed by atoms with Crippen molar-refractivity contribution in [3.8, 4) is 11.5 Å². The van der Waals surface area contributed by atoms with Crippen molar-refractivity contribution in [2.75, 3.05) is 19.0 Å². The van der Waals surface area contributed by atoms with Gasteiger partial charge in [-0.2, -0.15) is 13.2 Å². The summed E-state index contributed by atoms with van der Waals surface area (Å²) in [5.41, 5.74) is 1.47. The maximum Gasteiger partial charge on any atom is 0.417 e. The number of pyridine rings is 1. The third kappa shape index (κ3) is 7.89. The molecule has 2 amide bonds. The van der Waals surface area contributed by atoms with Gasteiger partial charge in [-0.1, -0.05) is 54.1 Å². The number of halogens is 4. The Morgan fingerprint density at radius 3 is 2.42 bits per heavy atom. The molecule has 0 unspecified atom stereocenters. The monoisotopic (exact) mass is 569 g/mol. The summed E-state index contributed by atoms with van der Waals surface area (Å²) in [6.07, 6.45) is -2.55. The second kappa shape index (κ2) is 13.2. The Kier molecular flexibility index (Phi) is 9.50. The van der Waals surface area contributed by atoms with Crippen LogP contribution in [0.2, 0.25) is 5.02 Å². The average molecular weight is 570 g/mol. The van der Waals surface area contributed by atoms with Gasteiger partial charge in [-0.05, 0) is 53.6 Å². The van der Waals surface area contributed by atoms with Crippen molar-refractivity contribution in [1.29, 1.82) is 0 Å². The first-order valence-corrected chi connectivity index (χ1v) is 12.8. The van der Waals surface area contributed by atoms with Crippen molar-refractivity contribution in [3.63, 3.8) is 0 Å². The van der Waals surface area contributed by atoms with Crippen LogP contribution in [0, 0.1) is 0 Å². The van der Waals surface area contributed by atoms with E-state index in [-0.39, 0.29) is 18.8 Å². The van der Waals surface area contributed by atoms with Gasteiger partial charge < -0.3 is 19.7 Å². The van der Waals surface area contributed by atoms with E-state index < -0.39 is 22.8 Å². The molecule has 40 heavy (non-hydrogen) atoms. The first kappa shape index (κ1) is 28.8. The third-order valence-electron chi connectivity index (χ3n) is 6.01. The Balaban J connectivity index is 1.52. The molecule has 0 aliphatic carbocycles. The molecule has 4 rings (SSSR count).